The summed E-state index contributed by atoms with van der Waals surface area (Å²) in [5, 5.41) is 28.7. The largest absolute Gasteiger partial charge is 0.394 e. The molecule has 5 atom stereocenters. The van der Waals surface area contributed by atoms with Gasteiger partial charge in [0.15, 0.2) is 11.6 Å². The molecule has 0 bridgehead atoms. The molecule has 0 amide bonds. The minimum absolute atomic E-state index is 0.0283. The van der Waals surface area contributed by atoms with Crippen molar-refractivity contribution in [1.29, 1.82) is 0 Å². The first kappa shape index (κ1) is 25.7. The number of nitrogens with two attached hydrogens (primary N) is 1. The Morgan fingerprint density at radius 3 is 2.55 bits per heavy atom. The van der Waals surface area contributed by atoms with E-state index in [1.807, 2.05) is 0 Å². The van der Waals surface area contributed by atoms with E-state index in [1.54, 1.807) is 33.0 Å². The van der Waals surface area contributed by atoms with Crippen LogP contribution in [0.5, 0.6) is 0 Å². The van der Waals surface area contributed by atoms with E-state index < -0.39 is 37.5 Å². The summed E-state index contributed by atoms with van der Waals surface area (Å²) < 4.78 is 25.5. The molecule has 176 valence electrons. The number of rotatable bonds is 12. The Kier molecular flexibility index (Phi) is 8.21. The van der Waals surface area contributed by atoms with Crippen LogP contribution in [-0.4, -0.2) is 65.0 Å². The lowest BCUT2D eigenvalue weighted by molar-refractivity contribution is -0.107. The minimum Gasteiger partial charge on any atom is -0.394 e. The quantitative estimate of drug-likeness (QED) is 0.294. The Morgan fingerprint density at radius 1 is 1.29 bits per heavy atom. The highest BCUT2D eigenvalue weighted by Gasteiger charge is 2.46. The van der Waals surface area contributed by atoms with Gasteiger partial charge in [-0.15, -0.1) is 0 Å². The summed E-state index contributed by atoms with van der Waals surface area (Å²) in [4.78, 5) is 18.4. The van der Waals surface area contributed by atoms with Crippen LogP contribution >= 0.6 is 7.60 Å². The van der Waals surface area contributed by atoms with Crippen molar-refractivity contribution in [2.75, 3.05) is 18.9 Å². The zero-order chi connectivity index (χ0) is 23.4. The van der Waals surface area contributed by atoms with Crippen LogP contribution in [0.2, 0.25) is 0 Å². The van der Waals surface area contributed by atoms with Crippen LogP contribution in [0.15, 0.2) is 18.6 Å². The second-order valence-corrected chi connectivity index (χ2v) is 10.2. The molecule has 0 fully saturated rings. The van der Waals surface area contributed by atoms with Crippen LogP contribution in [0, 0.1) is 0 Å². The van der Waals surface area contributed by atoms with E-state index in [-0.39, 0.29) is 25.3 Å². The Bertz CT molecular complexity index is 922. The minimum atomic E-state index is -4.33. The van der Waals surface area contributed by atoms with Gasteiger partial charge in [0.25, 0.3) is 0 Å². The monoisotopic (exact) mass is 460 g/mol. The fraction of sp³-hybridized carbons (Fsp3) is 0.684. The molecule has 6 N–H and O–H groups in total. The van der Waals surface area contributed by atoms with Gasteiger partial charge >= 0.3 is 7.60 Å². The molecule has 0 saturated heterocycles. The van der Waals surface area contributed by atoms with Gasteiger partial charge in [0.1, 0.15) is 23.9 Å². The van der Waals surface area contributed by atoms with Crippen molar-refractivity contribution in [3.05, 3.63) is 18.6 Å². The molecule has 0 aromatic carbocycles. The Balaban J connectivity index is 2.18. The topological polar surface area (TPSA) is 173 Å². The summed E-state index contributed by atoms with van der Waals surface area (Å²) in [5.74, 6) is 0.273. The highest BCUT2D eigenvalue weighted by atomic mass is 31.2. The number of aromatic nitrogens is 3. The number of nitrogens with zero attached hydrogens (tertiary/aromatic N) is 3. The number of aliphatic hydroxyl groups excluding tert-OH is 2. The average molecular weight is 460 g/mol. The zero-order valence-electron chi connectivity index (χ0n) is 18.3. The maximum absolute atomic E-state index is 12.6. The number of hydrogen-bond acceptors (Lipinski definition) is 9. The van der Waals surface area contributed by atoms with Gasteiger partial charge in [0, 0.05) is 12.6 Å². The highest BCUT2D eigenvalue weighted by Crippen LogP contribution is 2.58. The van der Waals surface area contributed by atoms with E-state index in [9.17, 15) is 24.8 Å². The molecule has 3 unspecified atom stereocenters. The summed E-state index contributed by atoms with van der Waals surface area (Å²) >= 11 is 0. The molecule has 2 rings (SSSR count). The van der Waals surface area contributed by atoms with Crippen LogP contribution in [0.3, 0.4) is 0 Å². The summed E-state index contributed by atoms with van der Waals surface area (Å²) in [6.45, 7) is 5.77. The SMILES string of the molecule is CCC(C)(CCO[C@H]([C@H](O)CO)n1ccc2c(N)ncnc21)OP(=O)(O)C(C)(O)CC. The van der Waals surface area contributed by atoms with Crippen LogP contribution in [0.1, 0.15) is 53.2 Å². The predicted octanol–water partition coefficient (Wildman–Crippen LogP) is 1.76. The van der Waals surface area contributed by atoms with Crippen molar-refractivity contribution in [1.82, 2.24) is 14.5 Å². The van der Waals surface area contributed by atoms with Crippen molar-refractivity contribution in [3.63, 3.8) is 0 Å². The van der Waals surface area contributed by atoms with Crippen LogP contribution in [-0.2, 0) is 13.8 Å². The summed E-state index contributed by atoms with van der Waals surface area (Å²) in [7, 11) is -4.33. The molecule has 2 heterocycles. The third kappa shape index (κ3) is 5.61. The number of nitrogen functional groups attached to an aromatic ring is 1. The van der Waals surface area contributed by atoms with Crippen LogP contribution in [0.4, 0.5) is 5.82 Å². The van der Waals surface area contributed by atoms with E-state index in [0.29, 0.717) is 17.5 Å². The third-order valence-electron chi connectivity index (χ3n) is 5.62. The van der Waals surface area contributed by atoms with Gasteiger partial charge in [-0.3, -0.25) is 4.57 Å². The number of anilines is 1. The van der Waals surface area contributed by atoms with Gasteiger partial charge in [0.05, 0.1) is 24.2 Å². The van der Waals surface area contributed by atoms with Crippen molar-refractivity contribution >= 4 is 24.4 Å². The zero-order valence-corrected chi connectivity index (χ0v) is 19.2. The first-order valence-corrected chi connectivity index (χ1v) is 11.7. The fourth-order valence-electron chi connectivity index (χ4n) is 2.94. The molecule has 0 radical (unpaired) electrons. The van der Waals surface area contributed by atoms with Gasteiger partial charge < -0.3 is 39.8 Å². The highest BCUT2D eigenvalue weighted by molar-refractivity contribution is 7.54. The van der Waals surface area contributed by atoms with E-state index in [0.717, 1.165) is 0 Å². The molecule has 0 aliphatic rings. The molecule has 11 nitrogen and oxygen atoms in total. The molecule has 0 saturated carbocycles. The van der Waals surface area contributed by atoms with E-state index in [2.05, 4.69) is 9.97 Å². The van der Waals surface area contributed by atoms with Gasteiger partial charge in [0.2, 0.25) is 0 Å². The van der Waals surface area contributed by atoms with E-state index in [1.165, 1.54) is 17.8 Å². The van der Waals surface area contributed by atoms with Crippen LogP contribution < -0.4 is 5.73 Å². The molecular formula is C19H33N4O7P. The van der Waals surface area contributed by atoms with Gasteiger partial charge in [-0.2, -0.15) is 0 Å². The standard InChI is InChI=1S/C19H33N4O7P/c1-5-18(3,30-31(27,28)19(4,26)6-2)8-10-29-17(14(25)11-24)23-9-7-13-15(20)21-12-22-16(13)23/h7,9,12,14,17,24-26H,5-6,8,10-11H2,1-4H3,(H,27,28)(H2,20,21,22)/t14-,17-,18?,19?/m1/s1. The molecule has 0 aliphatic carbocycles. The van der Waals surface area contributed by atoms with Crippen molar-refractivity contribution in [2.45, 2.75) is 70.2 Å². The third-order valence-corrected chi connectivity index (χ3v) is 7.84. The normalized spacial score (nSPS) is 20.0. The second-order valence-electron chi connectivity index (χ2n) is 7.97. The van der Waals surface area contributed by atoms with E-state index >= 15 is 0 Å². The number of ether oxygens (including phenoxy) is 1. The maximum Gasteiger partial charge on any atom is 0.359 e. The molecular weight excluding hydrogens is 427 g/mol. The van der Waals surface area contributed by atoms with Crippen molar-refractivity contribution in [3.8, 4) is 0 Å². The summed E-state index contributed by atoms with van der Waals surface area (Å²) in [6, 6.07) is 1.68. The van der Waals surface area contributed by atoms with Crippen LogP contribution in [0.25, 0.3) is 11.0 Å². The summed E-state index contributed by atoms with van der Waals surface area (Å²) in [6.07, 6.45) is 1.28. The molecule has 31 heavy (non-hydrogen) atoms. The second kappa shape index (κ2) is 9.91. The molecule has 2 aromatic heterocycles. The first-order valence-electron chi connectivity index (χ1n) is 10.1. The van der Waals surface area contributed by atoms with Crippen molar-refractivity contribution < 1.29 is 34.0 Å². The lowest BCUT2D eigenvalue weighted by Crippen LogP contribution is -2.35. The molecule has 12 heteroatoms. The number of aliphatic hydroxyl groups is 3. The average Bonchev–Trinajstić information content (AvgIpc) is 3.15. The lowest BCUT2D eigenvalue weighted by Gasteiger charge is -2.36. The maximum atomic E-state index is 12.6. The van der Waals surface area contributed by atoms with E-state index in [4.69, 9.17) is 15.0 Å². The Morgan fingerprint density at radius 2 is 1.97 bits per heavy atom. The van der Waals surface area contributed by atoms with Crippen molar-refractivity contribution in [2.24, 2.45) is 0 Å². The molecule has 2 aromatic rings. The number of hydrogen-bond donors (Lipinski definition) is 5. The molecule has 0 spiro atoms. The fourth-order valence-corrected chi connectivity index (χ4v) is 4.36. The number of fused-ring (bicyclic) bond motifs is 1. The summed E-state index contributed by atoms with van der Waals surface area (Å²) in [5.41, 5.74) is 5.22. The smallest absolute Gasteiger partial charge is 0.359 e. The Hall–Kier alpha value is -1.59. The lowest BCUT2D eigenvalue weighted by atomic mass is 10.0. The predicted molar refractivity (Wildman–Crippen MR) is 115 cm³/mol. The Labute approximate surface area is 181 Å². The van der Waals surface area contributed by atoms with Gasteiger partial charge in [-0.1, -0.05) is 13.8 Å². The van der Waals surface area contributed by atoms with Gasteiger partial charge in [-0.05, 0) is 32.8 Å². The van der Waals surface area contributed by atoms with Gasteiger partial charge in [-0.25, -0.2) is 9.97 Å². The first-order chi connectivity index (χ1) is 14.4. The molecule has 0 aliphatic heterocycles.